The fourth-order valence-electron chi connectivity index (χ4n) is 2.21. The minimum atomic E-state index is -0.195. The predicted octanol–water partition coefficient (Wildman–Crippen LogP) is 2.76. The summed E-state index contributed by atoms with van der Waals surface area (Å²) in [6.07, 6.45) is 6.56. The molecular weight excluding hydrogens is 229 g/mol. The van der Waals surface area contributed by atoms with Gasteiger partial charge in [-0.2, -0.15) is 0 Å². The van der Waals surface area contributed by atoms with Gasteiger partial charge in [-0.25, -0.2) is 9.37 Å². The lowest BCUT2D eigenvalue weighted by atomic mass is 10.2. The summed E-state index contributed by atoms with van der Waals surface area (Å²) in [4.78, 5) is 4.29. The molecule has 0 aliphatic heterocycles. The molecule has 18 heavy (non-hydrogen) atoms. The van der Waals surface area contributed by atoms with Gasteiger partial charge in [0.2, 0.25) is 0 Å². The molecule has 0 aliphatic rings. The van der Waals surface area contributed by atoms with Gasteiger partial charge >= 0.3 is 0 Å². The summed E-state index contributed by atoms with van der Waals surface area (Å²) in [5, 5.41) is 1.07. The molecule has 3 aromatic rings. The SMILES string of the molecule is Cn1ccnc1CCn1ccc2ccc(F)cc21. The average molecular weight is 243 g/mol. The highest BCUT2D eigenvalue weighted by atomic mass is 19.1. The third-order valence-corrected chi connectivity index (χ3v) is 3.23. The van der Waals surface area contributed by atoms with Crippen molar-refractivity contribution < 1.29 is 4.39 Å². The molecule has 3 nitrogen and oxygen atoms in total. The van der Waals surface area contributed by atoms with Gasteiger partial charge in [0.1, 0.15) is 11.6 Å². The number of rotatable bonds is 3. The second-order valence-corrected chi connectivity index (χ2v) is 4.42. The molecule has 4 heteroatoms. The van der Waals surface area contributed by atoms with E-state index in [1.807, 2.05) is 36.1 Å². The minimum absolute atomic E-state index is 0.195. The summed E-state index contributed by atoms with van der Waals surface area (Å²) in [6, 6.07) is 6.88. The summed E-state index contributed by atoms with van der Waals surface area (Å²) in [5.74, 6) is 0.840. The van der Waals surface area contributed by atoms with Crippen LogP contribution in [0.4, 0.5) is 4.39 Å². The lowest BCUT2D eigenvalue weighted by Gasteiger charge is -2.05. The first-order chi connectivity index (χ1) is 8.74. The molecule has 92 valence electrons. The van der Waals surface area contributed by atoms with E-state index in [1.54, 1.807) is 12.3 Å². The van der Waals surface area contributed by atoms with Crippen LogP contribution in [0.3, 0.4) is 0 Å². The Balaban J connectivity index is 1.87. The highest BCUT2D eigenvalue weighted by Gasteiger charge is 2.04. The Bertz CT molecular complexity index is 681. The van der Waals surface area contributed by atoms with Gasteiger partial charge in [0.25, 0.3) is 0 Å². The van der Waals surface area contributed by atoms with Crippen LogP contribution in [0.5, 0.6) is 0 Å². The number of imidazole rings is 1. The van der Waals surface area contributed by atoms with Crippen molar-refractivity contribution in [3.8, 4) is 0 Å². The van der Waals surface area contributed by atoms with Crippen LogP contribution < -0.4 is 0 Å². The van der Waals surface area contributed by atoms with Crippen molar-refractivity contribution in [1.82, 2.24) is 14.1 Å². The fraction of sp³-hybridized carbons (Fsp3) is 0.214. The van der Waals surface area contributed by atoms with Gasteiger partial charge in [0.05, 0.1) is 5.52 Å². The third-order valence-electron chi connectivity index (χ3n) is 3.23. The van der Waals surface area contributed by atoms with E-state index >= 15 is 0 Å². The van der Waals surface area contributed by atoms with E-state index in [-0.39, 0.29) is 5.82 Å². The smallest absolute Gasteiger partial charge is 0.125 e. The zero-order chi connectivity index (χ0) is 12.5. The second-order valence-electron chi connectivity index (χ2n) is 4.42. The van der Waals surface area contributed by atoms with Crippen LogP contribution in [0, 0.1) is 5.82 Å². The molecule has 1 aromatic carbocycles. The summed E-state index contributed by atoms with van der Waals surface area (Å²) in [7, 11) is 1.98. The Labute approximate surface area is 104 Å². The number of aromatic nitrogens is 3. The highest BCUT2D eigenvalue weighted by molar-refractivity contribution is 5.80. The van der Waals surface area contributed by atoms with Crippen molar-refractivity contribution in [3.63, 3.8) is 0 Å². The molecule has 0 unspecified atom stereocenters. The molecule has 2 aromatic heterocycles. The molecule has 0 spiro atoms. The summed E-state index contributed by atoms with van der Waals surface area (Å²) in [5.41, 5.74) is 0.934. The van der Waals surface area contributed by atoms with E-state index in [9.17, 15) is 4.39 Å². The standard InChI is InChI=1S/C14H14FN3/c1-17-9-6-16-14(17)5-8-18-7-4-11-2-3-12(15)10-13(11)18/h2-4,6-7,9-10H,5,8H2,1H3. The lowest BCUT2D eigenvalue weighted by molar-refractivity contribution is 0.626. The Kier molecular flexibility index (Phi) is 2.63. The molecule has 3 rings (SSSR count). The fourth-order valence-corrected chi connectivity index (χ4v) is 2.21. The Morgan fingerprint density at radius 1 is 1.22 bits per heavy atom. The van der Waals surface area contributed by atoms with Crippen molar-refractivity contribution in [2.24, 2.45) is 7.05 Å². The van der Waals surface area contributed by atoms with Crippen molar-refractivity contribution in [3.05, 3.63) is 54.5 Å². The zero-order valence-electron chi connectivity index (χ0n) is 10.2. The number of hydrogen-bond donors (Lipinski definition) is 0. The van der Waals surface area contributed by atoms with Crippen LogP contribution in [0.1, 0.15) is 5.82 Å². The van der Waals surface area contributed by atoms with Gasteiger partial charge in [0, 0.05) is 38.6 Å². The molecule has 0 atom stereocenters. The van der Waals surface area contributed by atoms with E-state index in [0.717, 1.165) is 29.7 Å². The van der Waals surface area contributed by atoms with Gasteiger partial charge in [-0.1, -0.05) is 0 Å². The highest BCUT2D eigenvalue weighted by Crippen LogP contribution is 2.17. The number of fused-ring (bicyclic) bond motifs is 1. The molecule has 0 bridgehead atoms. The van der Waals surface area contributed by atoms with E-state index in [4.69, 9.17) is 0 Å². The topological polar surface area (TPSA) is 22.8 Å². The first-order valence-corrected chi connectivity index (χ1v) is 5.94. The predicted molar refractivity (Wildman–Crippen MR) is 68.8 cm³/mol. The van der Waals surface area contributed by atoms with Crippen LogP contribution >= 0.6 is 0 Å². The number of halogens is 1. The Morgan fingerprint density at radius 2 is 2.11 bits per heavy atom. The minimum Gasteiger partial charge on any atom is -0.347 e. The maximum absolute atomic E-state index is 13.2. The quantitative estimate of drug-likeness (QED) is 0.693. The van der Waals surface area contributed by atoms with Crippen LogP contribution in [-0.4, -0.2) is 14.1 Å². The first-order valence-electron chi connectivity index (χ1n) is 5.94. The molecular formula is C14H14FN3. The molecule has 0 N–H and O–H groups in total. The van der Waals surface area contributed by atoms with E-state index in [0.29, 0.717) is 0 Å². The zero-order valence-corrected chi connectivity index (χ0v) is 10.2. The monoisotopic (exact) mass is 243 g/mol. The first kappa shape index (κ1) is 11.0. The maximum atomic E-state index is 13.2. The van der Waals surface area contributed by atoms with E-state index in [2.05, 4.69) is 9.55 Å². The van der Waals surface area contributed by atoms with Crippen LogP contribution in [0.15, 0.2) is 42.9 Å². The van der Waals surface area contributed by atoms with Gasteiger partial charge in [0.15, 0.2) is 0 Å². The van der Waals surface area contributed by atoms with Crippen LogP contribution in [-0.2, 0) is 20.0 Å². The molecule has 2 heterocycles. The van der Waals surface area contributed by atoms with Gasteiger partial charge in [-0.15, -0.1) is 0 Å². The van der Waals surface area contributed by atoms with Crippen molar-refractivity contribution in [2.45, 2.75) is 13.0 Å². The van der Waals surface area contributed by atoms with E-state index < -0.39 is 0 Å². The molecule has 0 fully saturated rings. The molecule has 0 amide bonds. The summed E-state index contributed by atoms with van der Waals surface area (Å²) >= 11 is 0. The number of nitrogens with zero attached hydrogens (tertiary/aromatic N) is 3. The molecule has 0 saturated carbocycles. The molecule has 0 radical (unpaired) electrons. The lowest BCUT2D eigenvalue weighted by Crippen LogP contribution is -2.04. The number of hydrogen-bond acceptors (Lipinski definition) is 1. The van der Waals surface area contributed by atoms with Crippen molar-refractivity contribution in [2.75, 3.05) is 0 Å². The van der Waals surface area contributed by atoms with Gasteiger partial charge in [-0.3, -0.25) is 0 Å². The number of aryl methyl sites for hydroxylation is 3. The van der Waals surface area contributed by atoms with Gasteiger partial charge in [-0.05, 0) is 29.7 Å². The molecule has 0 aliphatic carbocycles. The average Bonchev–Trinajstić information content (AvgIpc) is 2.93. The summed E-state index contributed by atoms with van der Waals surface area (Å²) < 4.78 is 17.3. The molecule has 0 saturated heterocycles. The third kappa shape index (κ3) is 1.90. The Morgan fingerprint density at radius 3 is 2.89 bits per heavy atom. The van der Waals surface area contributed by atoms with Crippen LogP contribution in [0.25, 0.3) is 10.9 Å². The second kappa shape index (κ2) is 4.29. The summed E-state index contributed by atoms with van der Waals surface area (Å²) in [6.45, 7) is 0.803. The van der Waals surface area contributed by atoms with Gasteiger partial charge < -0.3 is 9.13 Å². The normalized spacial score (nSPS) is 11.2. The largest absolute Gasteiger partial charge is 0.347 e. The van der Waals surface area contributed by atoms with E-state index in [1.165, 1.54) is 6.07 Å². The van der Waals surface area contributed by atoms with Crippen molar-refractivity contribution in [1.29, 1.82) is 0 Å². The maximum Gasteiger partial charge on any atom is 0.125 e. The Hall–Kier alpha value is -2.10. The van der Waals surface area contributed by atoms with Crippen molar-refractivity contribution >= 4 is 10.9 Å². The van der Waals surface area contributed by atoms with Crippen LogP contribution in [0.2, 0.25) is 0 Å². The number of benzene rings is 1.